The highest BCUT2D eigenvalue weighted by atomic mass is 79.9. The van der Waals surface area contributed by atoms with Crippen LogP contribution in [0.5, 0.6) is 0 Å². The third-order valence-electron chi connectivity index (χ3n) is 4.90. The number of carbonyl (C=O) groups is 2. The highest BCUT2D eigenvalue weighted by Gasteiger charge is 2.55. The fraction of sp³-hybridized carbons (Fsp3) is 0.300. The first kappa shape index (κ1) is 20.2. The van der Waals surface area contributed by atoms with Crippen LogP contribution in [0.3, 0.4) is 0 Å². The van der Waals surface area contributed by atoms with Crippen molar-refractivity contribution < 1.29 is 9.59 Å². The molecule has 2 aromatic carbocycles. The van der Waals surface area contributed by atoms with Gasteiger partial charge >= 0.3 is 6.03 Å². The molecule has 0 saturated carbocycles. The first-order valence-corrected chi connectivity index (χ1v) is 10.2. The smallest absolute Gasteiger partial charge is 0.312 e. The topological polar surface area (TPSA) is 40.6 Å². The molecule has 1 heterocycles. The zero-order valence-corrected chi connectivity index (χ0v) is 18.1. The van der Waals surface area contributed by atoms with Crippen LogP contribution in [0.25, 0.3) is 0 Å². The molecule has 1 unspecified atom stereocenters. The quantitative estimate of drug-likeness (QED) is 0.508. The Morgan fingerprint density at radius 2 is 1.63 bits per heavy atom. The lowest BCUT2D eigenvalue weighted by molar-refractivity contribution is -0.124. The predicted octanol–water partition coefficient (Wildman–Crippen LogP) is 5.94. The summed E-state index contributed by atoms with van der Waals surface area (Å²) in [5, 5.41) is 0.753. The molecule has 7 heteroatoms. The first-order chi connectivity index (χ1) is 12.8. The molecule has 142 valence electrons. The Morgan fingerprint density at radius 3 is 2.19 bits per heavy atom. The summed E-state index contributed by atoms with van der Waals surface area (Å²) >= 11 is 15.6. The number of urea groups is 1. The Labute approximate surface area is 177 Å². The standard InChI is InChI=1S/C20H19BrCl2N2O2/c1-3-8-20(12-13-4-6-14(21)7-5-13)18(26)25(19(27)24(20)2)17-10-15(22)9-16(23)11-17/h4-7,9-11H,3,8,12H2,1-2H3. The third kappa shape index (κ3) is 3.73. The van der Waals surface area contributed by atoms with Crippen LogP contribution >= 0.6 is 39.1 Å². The van der Waals surface area contributed by atoms with Crippen LogP contribution < -0.4 is 4.90 Å². The van der Waals surface area contributed by atoms with Gasteiger partial charge in [0.05, 0.1) is 5.69 Å². The number of hydrogen-bond donors (Lipinski definition) is 0. The van der Waals surface area contributed by atoms with Crippen molar-refractivity contribution in [2.45, 2.75) is 31.7 Å². The summed E-state index contributed by atoms with van der Waals surface area (Å²) in [5.41, 5.74) is 0.447. The van der Waals surface area contributed by atoms with E-state index >= 15 is 0 Å². The normalized spacial score (nSPS) is 19.9. The molecular formula is C20H19BrCl2N2O2. The Hall–Kier alpha value is -1.56. The van der Waals surface area contributed by atoms with Crippen LogP contribution in [0.4, 0.5) is 10.5 Å². The van der Waals surface area contributed by atoms with Crippen molar-refractivity contribution in [2.24, 2.45) is 0 Å². The van der Waals surface area contributed by atoms with Crippen LogP contribution in [0.15, 0.2) is 46.9 Å². The van der Waals surface area contributed by atoms with Crippen molar-refractivity contribution in [3.05, 3.63) is 62.5 Å². The van der Waals surface area contributed by atoms with E-state index in [9.17, 15) is 9.59 Å². The van der Waals surface area contributed by atoms with Crippen molar-refractivity contribution in [1.29, 1.82) is 0 Å². The SMILES string of the molecule is CCCC1(Cc2ccc(Br)cc2)C(=O)N(c2cc(Cl)cc(Cl)c2)C(=O)N1C. The molecule has 0 bridgehead atoms. The van der Waals surface area contributed by atoms with Crippen LogP contribution in [-0.4, -0.2) is 29.4 Å². The summed E-state index contributed by atoms with van der Waals surface area (Å²) < 4.78 is 0.966. The maximum atomic E-state index is 13.5. The van der Waals surface area contributed by atoms with E-state index in [1.807, 2.05) is 31.2 Å². The number of imide groups is 1. The number of anilines is 1. The Bertz CT molecular complexity index is 868. The second kappa shape index (κ2) is 7.82. The van der Waals surface area contributed by atoms with Gasteiger partial charge in [-0.05, 0) is 42.3 Å². The minimum atomic E-state index is -0.936. The Kier molecular flexibility index (Phi) is 5.84. The fourth-order valence-corrected chi connectivity index (χ4v) is 4.36. The van der Waals surface area contributed by atoms with Crippen molar-refractivity contribution in [3.63, 3.8) is 0 Å². The van der Waals surface area contributed by atoms with Gasteiger partial charge in [-0.25, -0.2) is 9.69 Å². The fourth-order valence-electron chi connectivity index (χ4n) is 3.58. The number of amides is 3. The van der Waals surface area contributed by atoms with Crippen molar-refractivity contribution in [3.8, 4) is 0 Å². The molecule has 1 saturated heterocycles. The lowest BCUT2D eigenvalue weighted by Gasteiger charge is -2.32. The molecule has 27 heavy (non-hydrogen) atoms. The molecule has 3 amide bonds. The number of halogens is 3. The molecule has 0 aromatic heterocycles. The first-order valence-electron chi connectivity index (χ1n) is 8.61. The highest BCUT2D eigenvalue weighted by Crippen LogP contribution is 2.38. The molecule has 0 spiro atoms. The molecule has 0 N–H and O–H groups in total. The predicted molar refractivity (Wildman–Crippen MR) is 113 cm³/mol. The van der Waals surface area contributed by atoms with Crippen molar-refractivity contribution in [2.75, 3.05) is 11.9 Å². The summed E-state index contributed by atoms with van der Waals surface area (Å²) in [4.78, 5) is 29.2. The van der Waals surface area contributed by atoms with E-state index in [1.54, 1.807) is 30.1 Å². The maximum absolute atomic E-state index is 13.5. The van der Waals surface area contributed by atoms with Gasteiger partial charge in [-0.1, -0.05) is 64.6 Å². The van der Waals surface area contributed by atoms with Crippen LogP contribution in [0.1, 0.15) is 25.3 Å². The monoisotopic (exact) mass is 468 g/mol. The molecule has 1 aliphatic heterocycles. The average molecular weight is 470 g/mol. The van der Waals surface area contributed by atoms with Gasteiger partial charge in [0.1, 0.15) is 5.54 Å². The molecule has 4 nitrogen and oxygen atoms in total. The van der Waals surface area contributed by atoms with Gasteiger partial charge in [0.15, 0.2) is 0 Å². The van der Waals surface area contributed by atoms with E-state index < -0.39 is 5.54 Å². The van der Waals surface area contributed by atoms with E-state index in [0.717, 1.165) is 16.5 Å². The lowest BCUT2D eigenvalue weighted by Crippen LogP contribution is -2.49. The van der Waals surface area contributed by atoms with E-state index in [0.29, 0.717) is 28.6 Å². The molecular weight excluding hydrogens is 451 g/mol. The number of rotatable bonds is 5. The number of nitrogens with zero attached hydrogens (tertiary/aromatic N) is 2. The van der Waals surface area contributed by atoms with Gasteiger partial charge in [-0.2, -0.15) is 0 Å². The minimum Gasteiger partial charge on any atom is -0.312 e. The summed E-state index contributed by atoms with van der Waals surface area (Å²) in [6, 6.07) is 12.2. The summed E-state index contributed by atoms with van der Waals surface area (Å²) in [5.74, 6) is -0.252. The molecule has 1 aliphatic rings. The third-order valence-corrected chi connectivity index (χ3v) is 5.87. The Morgan fingerprint density at radius 1 is 1.04 bits per heavy atom. The Balaban J connectivity index is 2.04. The largest absolute Gasteiger partial charge is 0.332 e. The maximum Gasteiger partial charge on any atom is 0.332 e. The van der Waals surface area contributed by atoms with Gasteiger partial charge in [0.25, 0.3) is 5.91 Å². The zero-order valence-electron chi connectivity index (χ0n) is 15.0. The van der Waals surface area contributed by atoms with Crippen LogP contribution in [0, 0.1) is 0 Å². The van der Waals surface area contributed by atoms with E-state index in [2.05, 4.69) is 15.9 Å². The van der Waals surface area contributed by atoms with Gasteiger partial charge in [0.2, 0.25) is 0 Å². The average Bonchev–Trinajstić information content (AvgIpc) is 2.78. The van der Waals surface area contributed by atoms with Gasteiger partial charge < -0.3 is 4.90 Å². The molecule has 0 aliphatic carbocycles. The highest BCUT2D eigenvalue weighted by molar-refractivity contribution is 9.10. The van der Waals surface area contributed by atoms with Gasteiger partial charge in [-0.3, -0.25) is 4.79 Å². The van der Waals surface area contributed by atoms with E-state index in [1.165, 1.54) is 4.90 Å². The second-order valence-electron chi connectivity index (χ2n) is 6.69. The van der Waals surface area contributed by atoms with Crippen LogP contribution in [-0.2, 0) is 11.2 Å². The summed E-state index contributed by atoms with van der Waals surface area (Å²) in [6.45, 7) is 2.01. The van der Waals surface area contributed by atoms with Crippen LogP contribution in [0.2, 0.25) is 10.0 Å². The zero-order chi connectivity index (χ0) is 19.8. The molecule has 3 rings (SSSR count). The number of carbonyl (C=O) groups excluding carboxylic acids is 2. The minimum absolute atomic E-state index is 0.252. The van der Waals surface area contributed by atoms with E-state index in [-0.39, 0.29) is 11.9 Å². The summed E-state index contributed by atoms with van der Waals surface area (Å²) in [6.07, 6.45) is 1.78. The van der Waals surface area contributed by atoms with Crippen molar-refractivity contribution in [1.82, 2.24) is 4.90 Å². The van der Waals surface area contributed by atoms with Gasteiger partial charge in [0, 0.05) is 28.0 Å². The van der Waals surface area contributed by atoms with Gasteiger partial charge in [-0.15, -0.1) is 0 Å². The molecule has 1 atom stereocenters. The molecule has 1 fully saturated rings. The molecule has 0 radical (unpaired) electrons. The number of hydrogen-bond acceptors (Lipinski definition) is 2. The summed E-state index contributed by atoms with van der Waals surface area (Å²) in [7, 11) is 1.68. The molecule has 2 aromatic rings. The lowest BCUT2D eigenvalue weighted by atomic mass is 9.85. The van der Waals surface area contributed by atoms with E-state index in [4.69, 9.17) is 23.2 Å². The van der Waals surface area contributed by atoms with Crippen molar-refractivity contribution >= 4 is 56.8 Å². The number of likely N-dealkylation sites (N-methyl/N-ethyl adjacent to an activating group) is 1. The second-order valence-corrected chi connectivity index (χ2v) is 8.48. The number of benzene rings is 2.